The summed E-state index contributed by atoms with van der Waals surface area (Å²) >= 11 is 0. The summed E-state index contributed by atoms with van der Waals surface area (Å²) in [4.78, 5) is 41.5. The predicted molar refractivity (Wildman–Crippen MR) is 130 cm³/mol. The maximum absolute atomic E-state index is 13.3. The average Bonchev–Trinajstić information content (AvgIpc) is 3.48. The van der Waals surface area contributed by atoms with Crippen LogP contribution in [-0.4, -0.2) is 67.0 Å². The molecule has 1 atom stereocenters. The molecule has 8 nitrogen and oxygen atoms in total. The molecule has 3 amide bonds. The van der Waals surface area contributed by atoms with Crippen LogP contribution in [0.2, 0.25) is 0 Å². The Kier molecular flexibility index (Phi) is 7.82. The predicted octanol–water partition coefficient (Wildman–Crippen LogP) is 3.45. The number of ether oxygens (including phenoxy) is 3. The minimum Gasteiger partial charge on any atom is -0.493 e. The van der Waals surface area contributed by atoms with Gasteiger partial charge in [0.15, 0.2) is 11.5 Å². The summed E-state index contributed by atoms with van der Waals surface area (Å²) in [6.45, 7) is 5.52. The Balaban J connectivity index is 1.45. The number of carbonyl (C=O) groups excluding carboxylic acids is 3. The third-order valence-electron chi connectivity index (χ3n) is 6.19. The van der Waals surface area contributed by atoms with Crippen LogP contribution in [0.15, 0.2) is 55.1 Å². The van der Waals surface area contributed by atoms with Crippen molar-refractivity contribution < 1.29 is 28.6 Å². The average molecular weight is 479 g/mol. The number of hydrogen-bond acceptors (Lipinski definition) is 6. The van der Waals surface area contributed by atoms with E-state index in [-0.39, 0.29) is 36.8 Å². The molecule has 8 heteroatoms. The zero-order chi connectivity index (χ0) is 24.8. The van der Waals surface area contributed by atoms with Gasteiger partial charge >= 0.3 is 0 Å². The lowest BCUT2D eigenvalue weighted by Gasteiger charge is -2.27. The Morgan fingerprint density at radius 1 is 1.17 bits per heavy atom. The molecule has 4 rings (SSSR count). The number of rotatable bonds is 11. The number of fused-ring (bicyclic) bond motifs is 1. The minimum absolute atomic E-state index is 0.0321. The minimum atomic E-state index is -0.357. The van der Waals surface area contributed by atoms with Crippen LogP contribution < -0.4 is 9.47 Å². The molecule has 0 aromatic heterocycles. The molecule has 0 spiro atoms. The second-order valence-corrected chi connectivity index (χ2v) is 8.55. The third kappa shape index (κ3) is 5.54. The quantitative estimate of drug-likeness (QED) is 0.363. The van der Waals surface area contributed by atoms with E-state index in [9.17, 15) is 14.4 Å². The van der Waals surface area contributed by atoms with Gasteiger partial charge in [-0.15, -0.1) is 0 Å². The maximum Gasteiger partial charge on any atom is 0.261 e. The van der Waals surface area contributed by atoms with E-state index in [1.807, 2.05) is 18.2 Å². The van der Waals surface area contributed by atoms with Gasteiger partial charge in [0.1, 0.15) is 6.61 Å². The fourth-order valence-electron chi connectivity index (χ4n) is 4.40. The van der Waals surface area contributed by atoms with Gasteiger partial charge in [-0.05, 0) is 42.7 Å². The zero-order valence-corrected chi connectivity index (χ0v) is 19.9. The molecule has 1 saturated heterocycles. The molecule has 2 aliphatic rings. The van der Waals surface area contributed by atoms with Gasteiger partial charge in [-0.3, -0.25) is 19.3 Å². The van der Waals surface area contributed by atoms with Crippen molar-refractivity contribution >= 4 is 17.7 Å². The molecule has 0 N–H and O–H groups in total. The van der Waals surface area contributed by atoms with Gasteiger partial charge in [0.25, 0.3) is 11.8 Å². The Hall–Kier alpha value is -3.65. The molecule has 2 aliphatic heterocycles. The van der Waals surface area contributed by atoms with Gasteiger partial charge in [0, 0.05) is 32.7 Å². The topological polar surface area (TPSA) is 85.4 Å². The van der Waals surface area contributed by atoms with Crippen LogP contribution >= 0.6 is 0 Å². The Labute approximate surface area is 205 Å². The molecule has 35 heavy (non-hydrogen) atoms. The Morgan fingerprint density at radius 3 is 2.54 bits per heavy atom. The summed E-state index contributed by atoms with van der Waals surface area (Å²) < 4.78 is 16.8. The first-order valence-electron chi connectivity index (χ1n) is 11.8. The molecule has 0 aliphatic carbocycles. The summed E-state index contributed by atoms with van der Waals surface area (Å²) in [5.41, 5.74) is 1.64. The highest BCUT2D eigenvalue weighted by Gasteiger charge is 2.35. The first kappa shape index (κ1) is 24.5. The van der Waals surface area contributed by atoms with Gasteiger partial charge in [0.2, 0.25) is 5.91 Å². The summed E-state index contributed by atoms with van der Waals surface area (Å²) in [6, 6.07) is 12.3. The Bertz CT molecular complexity index is 1070. The first-order chi connectivity index (χ1) is 17.0. The molecule has 0 bridgehead atoms. The number of hydrogen-bond donors (Lipinski definition) is 0. The summed E-state index contributed by atoms with van der Waals surface area (Å²) in [6.07, 6.45) is 3.51. The molecule has 0 saturated carbocycles. The molecule has 2 aromatic rings. The lowest BCUT2D eigenvalue weighted by molar-refractivity contribution is -0.133. The smallest absolute Gasteiger partial charge is 0.261 e. The van der Waals surface area contributed by atoms with E-state index in [2.05, 4.69) is 6.58 Å². The van der Waals surface area contributed by atoms with E-state index in [1.54, 1.807) is 42.4 Å². The molecule has 1 fully saturated rings. The lowest BCUT2D eigenvalue weighted by atomic mass is 10.1. The van der Waals surface area contributed by atoms with E-state index in [0.717, 1.165) is 23.3 Å². The van der Waals surface area contributed by atoms with Crippen molar-refractivity contribution in [3.8, 4) is 11.5 Å². The van der Waals surface area contributed by atoms with Crippen LogP contribution in [0.1, 0.15) is 45.5 Å². The normalized spacial score (nSPS) is 16.8. The number of benzene rings is 2. The fourth-order valence-corrected chi connectivity index (χ4v) is 4.40. The molecular weight excluding hydrogens is 448 g/mol. The number of methoxy groups -OCH3 is 1. The number of nitrogens with zero attached hydrogens (tertiary/aromatic N) is 2. The second kappa shape index (κ2) is 11.2. The highest BCUT2D eigenvalue weighted by molar-refractivity contribution is 6.21. The molecule has 0 radical (unpaired) electrons. The molecule has 1 unspecified atom stereocenters. The van der Waals surface area contributed by atoms with Crippen molar-refractivity contribution in [3.05, 3.63) is 71.8 Å². The zero-order valence-electron chi connectivity index (χ0n) is 19.9. The van der Waals surface area contributed by atoms with Crippen LogP contribution in [0.4, 0.5) is 0 Å². The maximum atomic E-state index is 13.3. The van der Waals surface area contributed by atoms with Crippen molar-refractivity contribution in [1.29, 1.82) is 0 Å². The third-order valence-corrected chi connectivity index (χ3v) is 6.19. The molecule has 2 aromatic carbocycles. The first-order valence-corrected chi connectivity index (χ1v) is 11.8. The molecule has 184 valence electrons. The Morgan fingerprint density at radius 2 is 1.91 bits per heavy atom. The van der Waals surface area contributed by atoms with Crippen LogP contribution in [0.5, 0.6) is 11.5 Å². The van der Waals surface area contributed by atoms with Gasteiger partial charge in [-0.25, -0.2) is 0 Å². The van der Waals surface area contributed by atoms with Crippen LogP contribution in [0.25, 0.3) is 0 Å². The van der Waals surface area contributed by atoms with Crippen LogP contribution in [0, 0.1) is 0 Å². The largest absolute Gasteiger partial charge is 0.493 e. The fraction of sp³-hybridized carbons (Fsp3) is 0.370. The van der Waals surface area contributed by atoms with E-state index < -0.39 is 0 Å². The highest BCUT2D eigenvalue weighted by atomic mass is 16.5. The monoisotopic (exact) mass is 478 g/mol. The summed E-state index contributed by atoms with van der Waals surface area (Å²) in [5.74, 6) is 0.300. The molecular formula is C27H30N2O6. The van der Waals surface area contributed by atoms with Crippen molar-refractivity contribution in [2.75, 3.05) is 33.4 Å². The van der Waals surface area contributed by atoms with Gasteiger partial charge in [-0.1, -0.05) is 30.9 Å². The number of imide groups is 1. The SMILES string of the molecule is C=CCOc1ccc(CN(CC2CCCO2)C(=O)CCN2C(=O)c3ccccc3C2=O)cc1OC. The number of amides is 3. The van der Waals surface area contributed by atoms with Gasteiger partial charge in [0.05, 0.1) is 24.3 Å². The second-order valence-electron chi connectivity index (χ2n) is 8.55. The van der Waals surface area contributed by atoms with E-state index in [1.165, 1.54) is 0 Å². The van der Waals surface area contributed by atoms with E-state index in [4.69, 9.17) is 14.2 Å². The highest BCUT2D eigenvalue weighted by Crippen LogP contribution is 2.29. The summed E-state index contributed by atoms with van der Waals surface area (Å²) in [5, 5.41) is 0. The van der Waals surface area contributed by atoms with Gasteiger partial charge < -0.3 is 19.1 Å². The standard InChI is InChI=1S/C27H30N2O6/c1-3-14-35-23-11-10-19(16-24(23)33-2)17-28(18-20-7-6-15-34-20)25(30)12-13-29-26(31)21-8-4-5-9-22(21)27(29)32/h3-5,8-11,16,20H,1,6-7,12-15,17-18H2,2H3. The van der Waals surface area contributed by atoms with Crippen LogP contribution in [-0.2, 0) is 16.1 Å². The van der Waals surface area contributed by atoms with E-state index >= 15 is 0 Å². The summed E-state index contributed by atoms with van der Waals surface area (Å²) in [7, 11) is 1.57. The van der Waals surface area contributed by atoms with Crippen molar-refractivity contribution in [2.45, 2.75) is 31.9 Å². The van der Waals surface area contributed by atoms with Crippen molar-refractivity contribution in [3.63, 3.8) is 0 Å². The number of carbonyl (C=O) groups is 3. The van der Waals surface area contributed by atoms with E-state index in [0.29, 0.717) is 48.9 Å². The van der Waals surface area contributed by atoms with Gasteiger partial charge in [-0.2, -0.15) is 0 Å². The molecule has 2 heterocycles. The van der Waals surface area contributed by atoms with Crippen molar-refractivity contribution in [2.24, 2.45) is 0 Å². The van der Waals surface area contributed by atoms with Crippen LogP contribution in [0.3, 0.4) is 0 Å². The van der Waals surface area contributed by atoms with Crippen molar-refractivity contribution in [1.82, 2.24) is 9.80 Å². The lowest BCUT2D eigenvalue weighted by Crippen LogP contribution is -2.39.